The monoisotopic (exact) mass is 559 g/mol. The number of benzene rings is 2. The summed E-state index contributed by atoms with van der Waals surface area (Å²) in [7, 11) is -3.92. The second-order valence-corrected chi connectivity index (χ2v) is 11.2. The van der Waals surface area contributed by atoms with E-state index in [1.807, 2.05) is 6.07 Å². The van der Waals surface area contributed by atoms with Crippen LogP contribution in [0.4, 0.5) is 10.2 Å². The molecule has 3 heterocycles. The van der Waals surface area contributed by atoms with E-state index in [2.05, 4.69) is 31.3 Å². The van der Waals surface area contributed by atoms with Crippen molar-refractivity contribution in [3.8, 4) is 17.0 Å². The lowest BCUT2D eigenvalue weighted by Gasteiger charge is -2.32. The zero-order valence-electron chi connectivity index (χ0n) is 18.6. The molecule has 0 bridgehead atoms. The van der Waals surface area contributed by atoms with Gasteiger partial charge in [0.25, 0.3) is 0 Å². The quantitative estimate of drug-likeness (QED) is 0.360. The summed E-state index contributed by atoms with van der Waals surface area (Å²) in [5, 5.41) is 18.1. The van der Waals surface area contributed by atoms with Gasteiger partial charge in [0.1, 0.15) is 22.3 Å². The highest BCUT2D eigenvalue weighted by Crippen LogP contribution is 2.31. The summed E-state index contributed by atoms with van der Waals surface area (Å²) < 4.78 is 44.0. The summed E-state index contributed by atoms with van der Waals surface area (Å²) in [6.45, 7) is 1.13. The first kappa shape index (κ1) is 23.7. The van der Waals surface area contributed by atoms with Crippen LogP contribution in [0.5, 0.6) is 5.75 Å². The van der Waals surface area contributed by atoms with E-state index in [1.165, 1.54) is 22.5 Å². The highest BCUT2D eigenvalue weighted by molar-refractivity contribution is 9.10. The molecule has 1 aliphatic rings. The zero-order chi connectivity index (χ0) is 24.6. The summed E-state index contributed by atoms with van der Waals surface area (Å²) in [5.74, 6) is 0.0502. The van der Waals surface area contributed by atoms with E-state index in [9.17, 15) is 17.9 Å². The van der Waals surface area contributed by atoms with E-state index in [1.54, 1.807) is 35.0 Å². The molecule has 2 N–H and O–H groups in total. The number of phenols is 1. The fourth-order valence-corrected chi connectivity index (χ4v) is 6.31. The van der Waals surface area contributed by atoms with Crippen LogP contribution in [-0.4, -0.2) is 52.1 Å². The molecular formula is C24H23BrFN5O3S. The maximum Gasteiger partial charge on any atom is 0.245 e. The van der Waals surface area contributed by atoms with Crippen molar-refractivity contribution in [3.63, 3.8) is 0 Å². The number of nitrogens with one attached hydrogen (secondary N) is 1. The Morgan fingerprint density at radius 3 is 2.74 bits per heavy atom. The Morgan fingerprint density at radius 2 is 1.94 bits per heavy atom. The minimum absolute atomic E-state index is 0.0149. The number of hydrogen-bond donors (Lipinski definition) is 2. The summed E-state index contributed by atoms with van der Waals surface area (Å²) in [6.07, 6.45) is 3.16. The molecule has 1 unspecified atom stereocenters. The number of hydrogen-bond acceptors (Lipinski definition) is 6. The lowest BCUT2D eigenvalue weighted by atomic mass is 10.00. The summed E-state index contributed by atoms with van der Waals surface area (Å²) >= 11 is 3.47. The molecule has 1 saturated heterocycles. The fourth-order valence-electron chi connectivity index (χ4n) is 4.34. The van der Waals surface area contributed by atoms with Crippen LogP contribution in [0.25, 0.3) is 16.9 Å². The number of nitrogens with zero attached hydrogens (tertiary/aromatic N) is 4. The average molecular weight is 560 g/mol. The van der Waals surface area contributed by atoms with Gasteiger partial charge in [-0.15, -0.1) is 0 Å². The van der Waals surface area contributed by atoms with Crippen LogP contribution in [-0.2, 0) is 10.0 Å². The SMILES string of the molecule is O=S(=O)(c1ccccc1F)N1CCCC(CNc2cc(-c3ccccc3O)nc3c(Br)cnn23)C1. The second kappa shape index (κ2) is 9.56. The van der Waals surface area contributed by atoms with Gasteiger partial charge in [0.05, 0.1) is 16.4 Å². The van der Waals surface area contributed by atoms with Gasteiger partial charge in [0, 0.05) is 31.3 Å². The van der Waals surface area contributed by atoms with Crippen LogP contribution in [0, 0.1) is 11.7 Å². The van der Waals surface area contributed by atoms with E-state index in [-0.39, 0.29) is 23.1 Å². The second-order valence-electron chi connectivity index (χ2n) is 8.45. The van der Waals surface area contributed by atoms with E-state index in [4.69, 9.17) is 0 Å². The number of halogens is 2. The van der Waals surface area contributed by atoms with Gasteiger partial charge in [-0.25, -0.2) is 17.8 Å². The van der Waals surface area contributed by atoms with E-state index < -0.39 is 15.8 Å². The van der Waals surface area contributed by atoms with Gasteiger partial charge in [-0.05, 0) is 59.0 Å². The van der Waals surface area contributed by atoms with Gasteiger partial charge < -0.3 is 10.4 Å². The molecule has 1 atom stereocenters. The number of aromatic nitrogens is 3. The summed E-state index contributed by atoms with van der Waals surface area (Å²) in [5.41, 5.74) is 1.75. The predicted molar refractivity (Wildman–Crippen MR) is 134 cm³/mol. The van der Waals surface area contributed by atoms with Crippen molar-refractivity contribution in [1.82, 2.24) is 18.9 Å². The summed E-state index contributed by atoms with van der Waals surface area (Å²) in [4.78, 5) is 4.34. The van der Waals surface area contributed by atoms with Crippen LogP contribution in [0.3, 0.4) is 0 Å². The smallest absolute Gasteiger partial charge is 0.245 e. The lowest BCUT2D eigenvalue weighted by Crippen LogP contribution is -2.42. The molecule has 4 aromatic rings. The zero-order valence-corrected chi connectivity index (χ0v) is 21.0. The molecule has 2 aromatic heterocycles. The maximum atomic E-state index is 14.2. The van der Waals surface area contributed by atoms with Crippen molar-refractivity contribution < 1.29 is 17.9 Å². The molecule has 5 rings (SSSR count). The molecule has 11 heteroatoms. The number of phenolic OH excluding ortho intramolecular Hbond substituents is 1. The number of piperidine rings is 1. The van der Waals surface area contributed by atoms with Gasteiger partial charge in [-0.3, -0.25) is 0 Å². The first-order valence-corrected chi connectivity index (χ1v) is 13.4. The molecule has 182 valence electrons. The van der Waals surface area contributed by atoms with Crippen LogP contribution >= 0.6 is 15.9 Å². The van der Waals surface area contributed by atoms with Gasteiger partial charge >= 0.3 is 0 Å². The summed E-state index contributed by atoms with van der Waals surface area (Å²) in [6, 6.07) is 14.2. The van der Waals surface area contributed by atoms with Crippen molar-refractivity contribution in [2.45, 2.75) is 17.7 Å². The highest BCUT2D eigenvalue weighted by Gasteiger charge is 2.32. The molecule has 0 aliphatic carbocycles. The molecular weight excluding hydrogens is 537 g/mol. The number of anilines is 1. The third-order valence-electron chi connectivity index (χ3n) is 6.12. The van der Waals surface area contributed by atoms with Crippen LogP contribution in [0.2, 0.25) is 0 Å². The van der Waals surface area contributed by atoms with Crippen molar-refractivity contribution >= 4 is 37.4 Å². The lowest BCUT2D eigenvalue weighted by molar-refractivity contribution is 0.274. The molecule has 35 heavy (non-hydrogen) atoms. The predicted octanol–water partition coefficient (Wildman–Crippen LogP) is 4.52. The van der Waals surface area contributed by atoms with Gasteiger partial charge in [0.2, 0.25) is 10.0 Å². The Labute approximate surface area is 210 Å². The first-order chi connectivity index (χ1) is 16.8. The number of aromatic hydroxyl groups is 1. The Morgan fingerprint density at radius 1 is 1.17 bits per heavy atom. The number of para-hydroxylation sites is 1. The Hall–Kier alpha value is -3.02. The third-order valence-corrected chi connectivity index (χ3v) is 8.57. The van der Waals surface area contributed by atoms with Crippen molar-refractivity contribution in [2.24, 2.45) is 5.92 Å². The maximum absolute atomic E-state index is 14.2. The minimum Gasteiger partial charge on any atom is -0.507 e. The first-order valence-electron chi connectivity index (χ1n) is 11.2. The number of fused-ring (bicyclic) bond motifs is 1. The average Bonchev–Trinajstić information content (AvgIpc) is 3.24. The van der Waals surface area contributed by atoms with E-state index in [0.717, 1.165) is 12.5 Å². The van der Waals surface area contributed by atoms with Gasteiger partial charge in [0.15, 0.2) is 5.65 Å². The van der Waals surface area contributed by atoms with Gasteiger partial charge in [-0.1, -0.05) is 24.3 Å². The van der Waals surface area contributed by atoms with E-state index in [0.29, 0.717) is 46.7 Å². The Balaban J connectivity index is 1.39. The molecule has 0 radical (unpaired) electrons. The van der Waals surface area contributed by atoms with Crippen molar-refractivity contribution in [3.05, 3.63) is 71.1 Å². The largest absolute Gasteiger partial charge is 0.507 e. The number of sulfonamides is 1. The molecule has 2 aromatic carbocycles. The van der Waals surface area contributed by atoms with Crippen molar-refractivity contribution in [2.75, 3.05) is 25.0 Å². The minimum atomic E-state index is -3.92. The number of rotatable bonds is 6. The molecule has 1 fully saturated rings. The highest BCUT2D eigenvalue weighted by atomic mass is 79.9. The molecule has 0 spiro atoms. The fraction of sp³-hybridized carbons (Fsp3) is 0.250. The van der Waals surface area contributed by atoms with Crippen LogP contribution < -0.4 is 5.32 Å². The Bertz CT molecular complexity index is 1490. The molecule has 0 saturated carbocycles. The topological polar surface area (TPSA) is 99.8 Å². The van der Waals surface area contributed by atoms with E-state index >= 15 is 0 Å². The Kier molecular flexibility index (Phi) is 6.47. The normalized spacial score (nSPS) is 17.0. The molecule has 8 nitrogen and oxygen atoms in total. The van der Waals surface area contributed by atoms with Crippen LogP contribution in [0.1, 0.15) is 12.8 Å². The third kappa shape index (κ3) is 4.63. The standard InChI is InChI=1S/C24H23BrFN5O3S/c25-18-14-28-31-23(12-20(29-24(18)31)17-7-1-3-9-21(17)32)27-13-16-6-5-11-30(15-16)35(33,34)22-10-4-2-8-19(22)26/h1-4,7-10,12,14,16,27,32H,5-6,11,13,15H2. The van der Waals surface area contributed by atoms with Crippen LogP contribution in [0.15, 0.2) is 70.2 Å². The van der Waals surface area contributed by atoms with Gasteiger partial charge in [-0.2, -0.15) is 13.9 Å². The molecule has 1 aliphatic heterocycles. The molecule has 0 amide bonds. The van der Waals surface area contributed by atoms with Crippen molar-refractivity contribution in [1.29, 1.82) is 0 Å².